The van der Waals surface area contributed by atoms with Crippen molar-refractivity contribution in [2.24, 2.45) is 5.41 Å². The fraction of sp³-hybridized carbons (Fsp3) is 0.500. The molecule has 1 amide bonds. The summed E-state index contributed by atoms with van der Waals surface area (Å²) in [5, 5.41) is 11.9. The van der Waals surface area contributed by atoms with Crippen LogP contribution >= 0.6 is 0 Å². The lowest BCUT2D eigenvalue weighted by molar-refractivity contribution is -0.148. The minimum Gasteiger partial charge on any atom is -0.481 e. The summed E-state index contributed by atoms with van der Waals surface area (Å²) in [6.45, 7) is 1.79. The Morgan fingerprint density at radius 2 is 2.05 bits per heavy atom. The zero-order chi connectivity index (χ0) is 14.8. The van der Waals surface area contributed by atoms with Crippen LogP contribution in [0, 0.1) is 12.3 Å². The number of aliphatic carboxylic acids is 1. The van der Waals surface area contributed by atoms with Gasteiger partial charge in [-0.2, -0.15) is 0 Å². The molecule has 0 aliphatic heterocycles. The summed E-state index contributed by atoms with van der Waals surface area (Å²) in [7, 11) is 0. The van der Waals surface area contributed by atoms with E-state index in [1.165, 1.54) is 12.3 Å². The second kappa shape index (κ2) is 5.48. The van der Waals surface area contributed by atoms with Crippen molar-refractivity contribution in [3.8, 4) is 0 Å². The number of H-pyrrole nitrogens is 1. The van der Waals surface area contributed by atoms with Crippen LogP contribution in [-0.2, 0) is 4.79 Å². The maximum absolute atomic E-state index is 12.0. The number of aryl methyl sites for hydroxylation is 1. The first-order valence-corrected chi connectivity index (χ1v) is 6.65. The molecule has 1 aliphatic rings. The van der Waals surface area contributed by atoms with Gasteiger partial charge in [-0.05, 0) is 19.8 Å². The van der Waals surface area contributed by atoms with Crippen LogP contribution in [-0.4, -0.2) is 28.5 Å². The van der Waals surface area contributed by atoms with Gasteiger partial charge in [-0.25, -0.2) is 0 Å². The zero-order valence-corrected chi connectivity index (χ0v) is 11.4. The van der Waals surface area contributed by atoms with E-state index in [2.05, 4.69) is 10.3 Å². The van der Waals surface area contributed by atoms with E-state index >= 15 is 0 Å². The van der Waals surface area contributed by atoms with Gasteiger partial charge in [0.2, 0.25) is 0 Å². The van der Waals surface area contributed by atoms with E-state index in [0.717, 1.165) is 12.8 Å². The number of hydrogen-bond acceptors (Lipinski definition) is 3. The average molecular weight is 278 g/mol. The Labute approximate surface area is 116 Å². The number of hydrogen-bond donors (Lipinski definition) is 3. The van der Waals surface area contributed by atoms with Crippen LogP contribution < -0.4 is 10.7 Å². The van der Waals surface area contributed by atoms with Crippen LogP contribution in [0.15, 0.2) is 17.1 Å². The van der Waals surface area contributed by atoms with Crippen LogP contribution in [0.1, 0.15) is 41.7 Å². The molecule has 1 aliphatic carbocycles. The number of carboxylic acid groups (broad SMARTS) is 1. The molecule has 6 nitrogen and oxygen atoms in total. The first kappa shape index (κ1) is 14.3. The number of rotatable bonds is 4. The molecule has 1 aromatic heterocycles. The van der Waals surface area contributed by atoms with E-state index in [1.54, 1.807) is 6.92 Å². The summed E-state index contributed by atoms with van der Waals surface area (Å²) in [5.41, 5.74) is -0.569. The van der Waals surface area contributed by atoms with Gasteiger partial charge >= 0.3 is 5.97 Å². The van der Waals surface area contributed by atoms with E-state index in [4.69, 9.17) is 0 Å². The molecule has 6 heteroatoms. The molecule has 20 heavy (non-hydrogen) atoms. The van der Waals surface area contributed by atoms with Gasteiger partial charge in [0.1, 0.15) is 5.56 Å². The van der Waals surface area contributed by atoms with Crippen LogP contribution in [0.2, 0.25) is 0 Å². The molecule has 1 aromatic rings. The quantitative estimate of drug-likeness (QED) is 0.766. The van der Waals surface area contributed by atoms with Crippen molar-refractivity contribution in [1.82, 2.24) is 10.3 Å². The molecule has 108 valence electrons. The summed E-state index contributed by atoms with van der Waals surface area (Å²) >= 11 is 0. The highest BCUT2D eigenvalue weighted by Gasteiger charge is 2.41. The molecule has 0 atom stereocenters. The standard InChI is InChI=1S/C14H18N2O4/c1-9-6-11(17)10(7-15-9)12(18)16-8-14(13(19)20)4-2-3-5-14/h6-7H,2-5,8H2,1H3,(H,15,17)(H,16,18)(H,19,20). The molecule has 2 rings (SSSR count). The summed E-state index contributed by atoms with van der Waals surface area (Å²) < 4.78 is 0. The van der Waals surface area contributed by atoms with Gasteiger partial charge < -0.3 is 15.4 Å². The number of aromatic amines is 1. The smallest absolute Gasteiger partial charge is 0.311 e. The third-order valence-electron chi connectivity index (χ3n) is 3.90. The van der Waals surface area contributed by atoms with Crippen LogP contribution in [0.25, 0.3) is 0 Å². The van der Waals surface area contributed by atoms with Crippen molar-refractivity contribution in [2.75, 3.05) is 6.54 Å². The van der Waals surface area contributed by atoms with Crippen molar-refractivity contribution < 1.29 is 14.7 Å². The summed E-state index contributed by atoms with van der Waals surface area (Å²) in [5.74, 6) is -1.41. The average Bonchev–Trinajstić information content (AvgIpc) is 2.86. The lowest BCUT2D eigenvalue weighted by atomic mass is 9.86. The normalized spacial score (nSPS) is 16.9. The highest BCUT2D eigenvalue weighted by Crippen LogP contribution is 2.37. The van der Waals surface area contributed by atoms with Gasteiger partial charge in [-0.3, -0.25) is 14.4 Å². The Bertz CT molecular complexity index is 585. The highest BCUT2D eigenvalue weighted by molar-refractivity contribution is 5.94. The Balaban J connectivity index is 2.08. The second-order valence-corrected chi connectivity index (χ2v) is 5.37. The monoisotopic (exact) mass is 278 g/mol. The molecule has 0 radical (unpaired) electrons. The second-order valence-electron chi connectivity index (χ2n) is 5.37. The van der Waals surface area contributed by atoms with Crippen molar-refractivity contribution in [3.05, 3.63) is 33.7 Å². The molecule has 0 aromatic carbocycles. The van der Waals surface area contributed by atoms with Gasteiger partial charge in [-0.1, -0.05) is 12.8 Å². The fourth-order valence-corrected chi connectivity index (χ4v) is 2.61. The SMILES string of the molecule is Cc1cc(=O)c(C(=O)NCC2(C(=O)O)CCCC2)c[nH]1. The molecule has 3 N–H and O–H groups in total. The van der Waals surface area contributed by atoms with Crippen LogP contribution in [0.5, 0.6) is 0 Å². The maximum atomic E-state index is 12.0. The Hall–Kier alpha value is -2.11. The molecule has 0 saturated heterocycles. The lowest BCUT2D eigenvalue weighted by Gasteiger charge is -2.23. The predicted octanol–water partition coefficient (Wildman–Crippen LogP) is 1.06. The molecular formula is C14H18N2O4. The Morgan fingerprint density at radius 1 is 1.40 bits per heavy atom. The molecule has 0 spiro atoms. The first-order valence-electron chi connectivity index (χ1n) is 6.65. The van der Waals surface area contributed by atoms with Crippen LogP contribution in [0.3, 0.4) is 0 Å². The molecule has 1 fully saturated rings. The summed E-state index contributed by atoms with van der Waals surface area (Å²) in [6.07, 6.45) is 4.19. The number of amides is 1. The summed E-state index contributed by atoms with van der Waals surface area (Å²) in [4.78, 5) is 37.8. The van der Waals surface area contributed by atoms with E-state index in [9.17, 15) is 19.5 Å². The first-order chi connectivity index (χ1) is 9.44. The summed E-state index contributed by atoms with van der Waals surface area (Å²) in [6, 6.07) is 1.34. The van der Waals surface area contributed by atoms with E-state index in [0.29, 0.717) is 18.5 Å². The van der Waals surface area contributed by atoms with Crippen LogP contribution in [0.4, 0.5) is 0 Å². The van der Waals surface area contributed by atoms with Gasteiger partial charge in [0.05, 0.1) is 5.41 Å². The number of aromatic nitrogens is 1. The number of carbonyl (C=O) groups is 2. The van der Waals surface area contributed by atoms with Crippen molar-refractivity contribution in [2.45, 2.75) is 32.6 Å². The Kier molecular flexibility index (Phi) is 3.92. The number of carboxylic acids is 1. The van der Waals surface area contributed by atoms with Crippen molar-refractivity contribution >= 4 is 11.9 Å². The molecule has 1 heterocycles. The molecule has 0 unspecified atom stereocenters. The van der Waals surface area contributed by atoms with Gasteiger partial charge in [0.15, 0.2) is 5.43 Å². The molecule has 0 bridgehead atoms. The third kappa shape index (κ3) is 2.74. The maximum Gasteiger partial charge on any atom is 0.311 e. The van der Waals surface area contributed by atoms with Crippen molar-refractivity contribution in [1.29, 1.82) is 0 Å². The molecule has 1 saturated carbocycles. The largest absolute Gasteiger partial charge is 0.481 e. The number of nitrogens with one attached hydrogen (secondary N) is 2. The van der Waals surface area contributed by atoms with E-state index < -0.39 is 17.3 Å². The lowest BCUT2D eigenvalue weighted by Crippen LogP contribution is -2.42. The Morgan fingerprint density at radius 3 is 2.60 bits per heavy atom. The minimum atomic E-state index is -0.882. The highest BCUT2D eigenvalue weighted by atomic mass is 16.4. The fourth-order valence-electron chi connectivity index (χ4n) is 2.61. The van der Waals surface area contributed by atoms with Gasteiger partial charge in [0, 0.05) is 24.5 Å². The number of carbonyl (C=O) groups excluding carboxylic acids is 1. The third-order valence-corrected chi connectivity index (χ3v) is 3.90. The predicted molar refractivity (Wildman–Crippen MR) is 72.7 cm³/mol. The molecular weight excluding hydrogens is 260 g/mol. The zero-order valence-electron chi connectivity index (χ0n) is 11.4. The topological polar surface area (TPSA) is 99.3 Å². The van der Waals surface area contributed by atoms with Gasteiger partial charge in [0.25, 0.3) is 5.91 Å². The van der Waals surface area contributed by atoms with E-state index in [1.807, 2.05) is 0 Å². The van der Waals surface area contributed by atoms with E-state index in [-0.39, 0.29) is 17.5 Å². The minimum absolute atomic E-state index is 0.00846. The van der Waals surface area contributed by atoms with Crippen molar-refractivity contribution in [3.63, 3.8) is 0 Å². The van der Waals surface area contributed by atoms with Gasteiger partial charge in [-0.15, -0.1) is 0 Å². The number of pyridine rings is 1.